The maximum Gasteiger partial charge on any atom is 0.223 e. The predicted octanol–water partition coefficient (Wildman–Crippen LogP) is 1.80. The van der Waals surface area contributed by atoms with E-state index in [0.29, 0.717) is 13.1 Å². The third kappa shape index (κ3) is 5.30. The Morgan fingerprint density at radius 1 is 1.37 bits per heavy atom. The number of amides is 1. The molecular formula is C14H21BrN2O2. The van der Waals surface area contributed by atoms with Crippen LogP contribution in [-0.2, 0) is 4.79 Å². The fourth-order valence-corrected chi connectivity index (χ4v) is 2.22. The van der Waals surface area contributed by atoms with Gasteiger partial charge >= 0.3 is 0 Å². The topological polar surface area (TPSA) is 52.6 Å². The first-order chi connectivity index (χ1) is 8.93. The highest BCUT2D eigenvalue weighted by Crippen LogP contribution is 2.17. The number of carbonyl (C=O) groups is 1. The molecule has 0 radical (unpaired) electrons. The van der Waals surface area contributed by atoms with E-state index in [0.717, 1.165) is 10.0 Å². The Kier molecular flexibility index (Phi) is 6.48. The van der Waals surface area contributed by atoms with Gasteiger partial charge in [-0.3, -0.25) is 4.79 Å². The molecule has 2 unspecified atom stereocenters. The van der Waals surface area contributed by atoms with Crippen LogP contribution in [0.3, 0.4) is 0 Å². The molecule has 0 aliphatic carbocycles. The summed E-state index contributed by atoms with van der Waals surface area (Å²) in [5.41, 5.74) is 0.877. The minimum atomic E-state index is -0.546. The molecular weight excluding hydrogens is 308 g/mol. The van der Waals surface area contributed by atoms with Crippen LogP contribution in [0.4, 0.5) is 0 Å². The average Bonchev–Trinajstić information content (AvgIpc) is 2.38. The first-order valence-corrected chi connectivity index (χ1v) is 7.07. The molecule has 0 aromatic heterocycles. The van der Waals surface area contributed by atoms with Crippen molar-refractivity contribution in [3.63, 3.8) is 0 Å². The quantitative estimate of drug-likeness (QED) is 0.837. The van der Waals surface area contributed by atoms with Gasteiger partial charge < -0.3 is 15.3 Å². The summed E-state index contributed by atoms with van der Waals surface area (Å²) >= 11 is 3.37. The molecule has 0 heterocycles. The minimum Gasteiger partial charge on any atom is -0.387 e. The molecule has 2 N–H and O–H groups in total. The smallest absolute Gasteiger partial charge is 0.223 e. The molecule has 1 rings (SSSR count). The lowest BCUT2D eigenvalue weighted by molar-refractivity contribution is -0.124. The number of rotatable bonds is 6. The second-order valence-electron chi connectivity index (χ2n) is 4.80. The predicted molar refractivity (Wildman–Crippen MR) is 79.8 cm³/mol. The first kappa shape index (κ1) is 16.1. The van der Waals surface area contributed by atoms with E-state index >= 15 is 0 Å². The highest BCUT2D eigenvalue weighted by molar-refractivity contribution is 9.10. The number of aliphatic hydroxyl groups is 1. The Bertz CT molecular complexity index is 408. The summed E-state index contributed by atoms with van der Waals surface area (Å²) in [7, 11) is 3.54. The van der Waals surface area contributed by atoms with Crippen LogP contribution in [0, 0.1) is 5.92 Å². The summed E-state index contributed by atoms with van der Waals surface area (Å²) in [6.07, 6.45) is -0.546. The number of carbonyl (C=O) groups excluding carboxylic acids is 1. The van der Waals surface area contributed by atoms with Crippen molar-refractivity contribution in [3.8, 4) is 0 Å². The molecule has 0 fully saturated rings. The Morgan fingerprint density at radius 2 is 1.95 bits per heavy atom. The summed E-state index contributed by atoms with van der Waals surface area (Å²) in [4.78, 5) is 13.4. The number of likely N-dealkylation sites (N-methyl/N-ethyl adjacent to an activating group) is 1. The summed E-state index contributed by atoms with van der Waals surface area (Å²) in [6.45, 7) is 3.00. The first-order valence-electron chi connectivity index (χ1n) is 6.27. The van der Waals surface area contributed by atoms with Gasteiger partial charge in [0.15, 0.2) is 0 Å². The van der Waals surface area contributed by atoms with Gasteiger partial charge in [-0.25, -0.2) is 0 Å². The van der Waals surface area contributed by atoms with Gasteiger partial charge in [-0.1, -0.05) is 35.0 Å². The lowest BCUT2D eigenvalue weighted by Crippen LogP contribution is -2.36. The highest BCUT2D eigenvalue weighted by Gasteiger charge is 2.16. The van der Waals surface area contributed by atoms with Crippen LogP contribution in [0.1, 0.15) is 18.6 Å². The maximum absolute atomic E-state index is 11.4. The van der Waals surface area contributed by atoms with Gasteiger partial charge in [-0.15, -0.1) is 0 Å². The number of halogens is 1. The molecule has 0 saturated carbocycles. The van der Waals surface area contributed by atoms with Crippen LogP contribution < -0.4 is 5.32 Å². The lowest BCUT2D eigenvalue weighted by Gasteiger charge is -2.23. The average molecular weight is 329 g/mol. The van der Waals surface area contributed by atoms with Gasteiger partial charge in [0.2, 0.25) is 5.91 Å². The molecule has 4 nitrogen and oxygen atoms in total. The van der Waals surface area contributed by atoms with Crippen LogP contribution in [0.5, 0.6) is 0 Å². The minimum absolute atomic E-state index is 0.0185. The molecule has 1 amide bonds. The highest BCUT2D eigenvalue weighted by atomic mass is 79.9. The van der Waals surface area contributed by atoms with Crippen molar-refractivity contribution in [1.82, 2.24) is 10.2 Å². The van der Waals surface area contributed by atoms with Gasteiger partial charge in [0, 0.05) is 30.5 Å². The molecule has 0 saturated heterocycles. The molecule has 1 aromatic carbocycles. The van der Waals surface area contributed by atoms with Crippen molar-refractivity contribution >= 4 is 21.8 Å². The molecule has 0 spiro atoms. The number of hydrogen-bond acceptors (Lipinski definition) is 3. The molecule has 0 bridgehead atoms. The van der Waals surface area contributed by atoms with E-state index in [1.165, 1.54) is 0 Å². The van der Waals surface area contributed by atoms with Crippen molar-refractivity contribution in [2.75, 3.05) is 27.2 Å². The van der Waals surface area contributed by atoms with E-state index < -0.39 is 6.10 Å². The Balaban J connectivity index is 2.49. The summed E-state index contributed by atoms with van der Waals surface area (Å²) < 4.78 is 0.991. The fraction of sp³-hybridized carbons (Fsp3) is 0.500. The van der Waals surface area contributed by atoms with E-state index in [4.69, 9.17) is 0 Å². The molecule has 106 valence electrons. The van der Waals surface area contributed by atoms with Crippen molar-refractivity contribution in [2.24, 2.45) is 5.92 Å². The molecule has 5 heteroatoms. The van der Waals surface area contributed by atoms with Crippen LogP contribution in [0.15, 0.2) is 28.7 Å². The molecule has 0 aliphatic rings. The van der Waals surface area contributed by atoms with Crippen molar-refractivity contribution in [2.45, 2.75) is 13.0 Å². The Morgan fingerprint density at radius 3 is 2.47 bits per heavy atom. The van der Waals surface area contributed by atoms with Crippen LogP contribution in [0.2, 0.25) is 0 Å². The largest absolute Gasteiger partial charge is 0.387 e. The van der Waals surface area contributed by atoms with Gasteiger partial charge in [-0.2, -0.15) is 0 Å². The van der Waals surface area contributed by atoms with Crippen LogP contribution >= 0.6 is 15.9 Å². The Hall–Kier alpha value is -0.910. The van der Waals surface area contributed by atoms with E-state index in [-0.39, 0.29) is 11.8 Å². The van der Waals surface area contributed by atoms with Gasteiger partial charge in [0.05, 0.1) is 6.10 Å². The third-order valence-electron chi connectivity index (χ3n) is 3.02. The Labute approximate surface area is 122 Å². The number of nitrogens with zero attached hydrogens (tertiary/aromatic N) is 1. The summed E-state index contributed by atoms with van der Waals surface area (Å²) in [5, 5.41) is 12.8. The van der Waals surface area contributed by atoms with Gasteiger partial charge in [-0.05, 0) is 24.7 Å². The van der Waals surface area contributed by atoms with E-state index in [9.17, 15) is 9.90 Å². The van der Waals surface area contributed by atoms with Crippen LogP contribution in [-0.4, -0.2) is 43.1 Å². The standard InChI is InChI=1S/C14H21BrN2O2/c1-10(14(19)16-2)8-17(3)9-13(18)11-4-6-12(15)7-5-11/h4-7,10,13,18H,8-9H2,1-3H3,(H,16,19). The summed E-state index contributed by atoms with van der Waals surface area (Å²) in [6, 6.07) is 7.60. The van der Waals surface area contributed by atoms with Crippen molar-refractivity contribution in [3.05, 3.63) is 34.3 Å². The number of hydrogen-bond donors (Lipinski definition) is 2. The number of benzene rings is 1. The van der Waals surface area contributed by atoms with Crippen LogP contribution in [0.25, 0.3) is 0 Å². The van der Waals surface area contributed by atoms with Gasteiger partial charge in [0.1, 0.15) is 0 Å². The second kappa shape index (κ2) is 7.62. The van der Waals surface area contributed by atoms with E-state index in [1.54, 1.807) is 7.05 Å². The zero-order valence-electron chi connectivity index (χ0n) is 11.6. The number of aliphatic hydroxyl groups excluding tert-OH is 1. The van der Waals surface area contributed by atoms with E-state index in [1.807, 2.05) is 43.1 Å². The monoisotopic (exact) mass is 328 g/mol. The third-order valence-corrected chi connectivity index (χ3v) is 3.55. The van der Waals surface area contributed by atoms with Gasteiger partial charge in [0.25, 0.3) is 0 Å². The SMILES string of the molecule is CNC(=O)C(C)CN(C)CC(O)c1ccc(Br)cc1. The molecule has 19 heavy (non-hydrogen) atoms. The fourth-order valence-electron chi connectivity index (χ4n) is 1.96. The molecule has 1 aromatic rings. The number of nitrogens with one attached hydrogen (secondary N) is 1. The summed E-state index contributed by atoms with van der Waals surface area (Å²) in [5.74, 6) is -0.0721. The van der Waals surface area contributed by atoms with Crippen molar-refractivity contribution < 1.29 is 9.90 Å². The second-order valence-corrected chi connectivity index (χ2v) is 5.72. The van der Waals surface area contributed by atoms with E-state index in [2.05, 4.69) is 21.2 Å². The normalized spacial score (nSPS) is 14.2. The molecule has 2 atom stereocenters. The lowest BCUT2D eigenvalue weighted by atomic mass is 10.1. The zero-order chi connectivity index (χ0) is 14.4. The zero-order valence-corrected chi connectivity index (χ0v) is 13.1. The maximum atomic E-state index is 11.4. The van der Waals surface area contributed by atoms with Crippen molar-refractivity contribution in [1.29, 1.82) is 0 Å². The molecule has 0 aliphatic heterocycles.